The highest BCUT2D eigenvalue weighted by atomic mass is 35.5. The number of amides is 1. The van der Waals surface area contributed by atoms with Gasteiger partial charge in [0.25, 0.3) is 5.92 Å². The van der Waals surface area contributed by atoms with E-state index in [-0.39, 0.29) is 30.3 Å². The van der Waals surface area contributed by atoms with E-state index in [4.69, 9.17) is 10.5 Å². The molecule has 0 atom stereocenters. The Morgan fingerprint density at radius 3 is 2.40 bits per heavy atom. The fraction of sp³-hybridized carbons (Fsp3) is 0.500. The molecule has 1 rings (SSSR count). The predicted octanol–water partition coefficient (Wildman–Crippen LogP) is 0.886. The Hall–Kier alpha value is -1.49. The van der Waals surface area contributed by atoms with Crippen LogP contribution >= 0.6 is 12.4 Å². The van der Waals surface area contributed by atoms with E-state index in [1.807, 2.05) is 5.32 Å². The zero-order valence-corrected chi connectivity index (χ0v) is 15.3. The predicted molar refractivity (Wildman–Crippen MR) is 91.7 cm³/mol. The van der Waals surface area contributed by atoms with E-state index >= 15 is 0 Å². The third-order valence-corrected chi connectivity index (χ3v) is 4.41. The van der Waals surface area contributed by atoms with E-state index in [2.05, 4.69) is 4.72 Å². The molecule has 0 bridgehead atoms. The average molecular weight is 402 g/mol. The summed E-state index contributed by atoms with van der Waals surface area (Å²) in [6.07, 6.45) is -0.267. The highest BCUT2D eigenvalue weighted by Gasteiger charge is 2.27. The molecule has 25 heavy (non-hydrogen) atoms. The van der Waals surface area contributed by atoms with Crippen LogP contribution in [0.3, 0.4) is 0 Å². The molecule has 0 aromatic heterocycles. The first-order valence-electron chi connectivity index (χ1n) is 7.27. The normalized spacial score (nSPS) is 11.5. The van der Waals surface area contributed by atoms with Gasteiger partial charge in [0.15, 0.2) is 0 Å². The Morgan fingerprint density at radius 2 is 1.88 bits per heavy atom. The minimum atomic E-state index is -3.79. The van der Waals surface area contributed by atoms with Crippen LogP contribution in [-0.2, 0) is 14.8 Å². The van der Waals surface area contributed by atoms with Crippen molar-refractivity contribution in [2.75, 3.05) is 26.2 Å². The largest absolute Gasteiger partial charge is 0.494 e. The maximum absolute atomic E-state index is 12.9. The van der Waals surface area contributed by atoms with Crippen molar-refractivity contribution < 1.29 is 26.7 Å². The van der Waals surface area contributed by atoms with Crippen LogP contribution in [0.5, 0.6) is 5.75 Å². The maximum atomic E-state index is 12.9. The number of hydrogen-bond acceptors (Lipinski definition) is 5. The van der Waals surface area contributed by atoms with Crippen LogP contribution < -0.4 is 20.5 Å². The molecule has 0 aliphatic heterocycles. The summed E-state index contributed by atoms with van der Waals surface area (Å²) in [6.45, 7) is 0.296. The number of benzene rings is 1. The molecule has 0 saturated heterocycles. The first-order chi connectivity index (χ1) is 11.2. The Morgan fingerprint density at radius 1 is 1.28 bits per heavy atom. The molecule has 11 heteroatoms. The number of sulfonamides is 1. The summed E-state index contributed by atoms with van der Waals surface area (Å²) >= 11 is 0. The Labute approximate surface area is 151 Å². The standard InChI is InChI=1S/C14H21F2N3O4S.ClH/c1-2-23-11-3-5-12(6-4-11)24(21,22)19-8-7-13(20)18-10-14(15,16)9-17;/h3-6,19H,2,7-10,17H2,1H3,(H,18,20);1H. The molecule has 0 heterocycles. The molecule has 0 fully saturated rings. The quantitative estimate of drug-likeness (QED) is 0.539. The molecule has 0 saturated carbocycles. The van der Waals surface area contributed by atoms with Crippen molar-refractivity contribution >= 4 is 28.3 Å². The lowest BCUT2D eigenvalue weighted by Gasteiger charge is -2.14. The fourth-order valence-electron chi connectivity index (χ4n) is 1.65. The molecule has 0 aliphatic rings. The molecule has 144 valence electrons. The maximum Gasteiger partial charge on any atom is 0.277 e. The van der Waals surface area contributed by atoms with Gasteiger partial charge in [0.1, 0.15) is 5.75 Å². The second-order valence-electron chi connectivity index (χ2n) is 4.89. The van der Waals surface area contributed by atoms with Crippen molar-refractivity contribution in [3.63, 3.8) is 0 Å². The minimum absolute atomic E-state index is 0. The van der Waals surface area contributed by atoms with Gasteiger partial charge in [-0.15, -0.1) is 12.4 Å². The van der Waals surface area contributed by atoms with E-state index in [1.165, 1.54) is 24.3 Å². The molecule has 0 spiro atoms. The SMILES string of the molecule is CCOc1ccc(S(=O)(=O)NCCC(=O)NCC(F)(F)CN)cc1.Cl. The van der Waals surface area contributed by atoms with E-state index in [0.717, 1.165) is 0 Å². The van der Waals surface area contributed by atoms with E-state index in [1.54, 1.807) is 6.92 Å². The van der Waals surface area contributed by atoms with Gasteiger partial charge < -0.3 is 15.8 Å². The summed E-state index contributed by atoms with van der Waals surface area (Å²) < 4.78 is 57.2. The third-order valence-electron chi connectivity index (χ3n) is 2.93. The van der Waals surface area contributed by atoms with Crippen LogP contribution in [0.1, 0.15) is 13.3 Å². The van der Waals surface area contributed by atoms with E-state index < -0.39 is 34.9 Å². The monoisotopic (exact) mass is 401 g/mol. The van der Waals surface area contributed by atoms with E-state index in [0.29, 0.717) is 12.4 Å². The Bertz CT molecular complexity index is 642. The van der Waals surface area contributed by atoms with Crippen molar-refractivity contribution in [2.24, 2.45) is 5.73 Å². The molecule has 0 unspecified atom stereocenters. The highest BCUT2D eigenvalue weighted by Crippen LogP contribution is 2.15. The van der Waals surface area contributed by atoms with Crippen molar-refractivity contribution in [1.29, 1.82) is 0 Å². The average Bonchev–Trinajstić information content (AvgIpc) is 2.54. The zero-order chi connectivity index (χ0) is 18.2. The second kappa shape index (κ2) is 10.5. The molecular weight excluding hydrogens is 380 g/mol. The molecule has 1 amide bonds. The molecular formula is C14H22ClF2N3O4S. The lowest BCUT2D eigenvalue weighted by atomic mass is 10.3. The number of rotatable bonds is 10. The minimum Gasteiger partial charge on any atom is -0.494 e. The highest BCUT2D eigenvalue weighted by molar-refractivity contribution is 7.89. The van der Waals surface area contributed by atoms with Crippen molar-refractivity contribution in [1.82, 2.24) is 10.0 Å². The lowest BCUT2D eigenvalue weighted by molar-refractivity contribution is -0.122. The number of ether oxygens (including phenoxy) is 1. The van der Waals surface area contributed by atoms with Gasteiger partial charge in [0.05, 0.1) is 24.6 Å². The van der Waals surface area contributed by atoms with Gasteiger partial charge in [0.2, 0.25) is 15.9 Å². The van der Waals surface area contributed by atoms with Crippen LogP contribution in [0.2, 0.25) is 0 Å². The van der Waals surface area contributed by atoms with Gasteiger partial charge >= 0.3 is 0 Å². The Kier molecular flexibility index (Phi) is 9.86. The summed E-state index contributed by atoms with van der Waals surface area (Å²) in [5.74, 6) is -3.34. The summed E-state index contributed by atoms with van der Waals surface area (Å²) in [7, 11) is -3.79. The number of nitrogens with two attached hydrogens (primary N) is 1. The molecule has 0 aliphatic carbocycles. The summed E-state index contributed by atoms with van der Waals surface area (Å²) in [6, 6.07) is 5.77. The summed E-state index contributed by atoms with van der Waals surface area (Å²) in [4.78, 5) is 11.4. The number of halogens is 3. The lowest BCUT2D eigenvalue weighted by Crippen LogP contribution is -2.42. The fourth-order valence-corrected chi connectivity index (χ4v) is 2.68. The van der Waals surface area contributed by atoms with Gasteiger partial charge in [-0.05, 0) is 31.2 Å². The van der Waals surface area contributed by atoms with Gasteiger partial charge in [0, 0.05) is 13.0 Å². The topological polar surface area (TPSA) is 111 Å². The zero-order valence-electron chi connectivity index (χ0n) is 13.6. The number of hydrogen-bond donors (Lipinski definition) is 3. The smallest absolute Gasteiger partial charge is 0.277 e. The molecule has 1 aromatic carbocycles. The second-order valence-corrected chi connectivity index (χ2v) is 6.66. The Balaban J connectivity index is 0.00000576. The number of nitrogens with one attached hydrogen (secondary N) is 2. The van der Waals surface area contributed by atoms with Crippen LogP contribution in [0.25, 0.3) is 0 Å². The van der Waals surface area contributed by atoms with Crippen molar-refractivity contribution in [3.05, 3.63) is 24.3 Å². The van der Waals surface area contributed by atoms with Crippen LogP contribution in [0, 0.1) is 0 Å². The first kappa shape index (κ1) is 23.5. The number of alkyl halides is 2. The van der Waals surface area contributed by atoms with E-state index in [9.17, 15) is 22.0 Å². The van der Waals surface area contributed by atoms with Crippen molar-refractivity contribution in [3.8, 4) is 5.75 Å². The number of carbonyl (C=O) groups is 1. The van der Waals surface area contributed by atoms with Crippen molar-refractivity contribution in [2.45, 2.75) is 24.2 Å². The molecule has 7 nitrogen and oxygen atoms in total. The van der Waals surface area contributed by atoms with Crippen LogP contribution in [-0.4, -0.2) is 46.5 Å². The third kappa shape index (κ3) is 8.43. The summed E-state index contributed by atoms with van der Waals surface area (Å²) in [5, 5.41) is 2.00. The van der Waals surface area contributed by atoms with Gasteiger partial charge in [-0.3, -0.25) is 4.79 Å². The summed E-state index contributed by atoms with van der Waals surface area (Å²) in [5.41, 5.74) is 4.84. The molecule has 1 aromatic rings. The van der Waals surface area contributed by atoms with Gasteiger partial charge in [-0.1, -0.05) is 0 Å². The molecule has 4 N–H and O–H groups in total. The molecule has 0 radical (unpaired) electrons. The van der Waals surface area contributed by atoms with Gasteiger partial charge in [-0.2, -0.15) is 0 Å². The van der Waals surface area contributed by atoms with Gasteiger partial charge in [-0.25, -0.2) is 21.9 Å². The number of carbonyl (C=O) groups excluding carboxylic acids is 1. The van der Waals surface area contributed by atoms with Crippen LogP contribution in [0.4, 0.5) is 8.78 Å². The van der Waals surface area contributed by atoms with Crippen LogP contribution in [0.15, 0.2) is 29.2 Å². The first-order valence-corrected chi connectivity index (χ1v) is 8.75.